The Kier molecular flexibility index (Phi) is 2.07. The molecule has 0 spiro atoms. The molecule has 3 rings (SSSR count). The van der Waals surface area contributed by atoms with Crippen LogP contribution in [0.4, 0.5) is 5.82 Å². The lowest BCUT2D eigenvalue weighted by Gasteiger charge is -2.03. The number of rotatable bonds is 1. The molecular weight excluding hydrogens is 222 g/mol. The number of nitrogens with one attached hydrogen (secondary N) is 2. The van der Waals surface area contributed by atoms with Crippen LogP contribution >= 0.6 is 11.3 Å². The van der Waals surface area contributed by atoms with Crippen LogP contribution in [0, 0.1) is 6.92 Å². The number of hydrogen-bond donors (Lipinski definition) is 2. The Hall–Kier alpha value is -1.62. The summed E-state index contributed by atoms with van der Waals surface area (Å²) >= 11 is 1.69. The van der Waals surface area contributed by atoms with E-state index >= 15 is 0 Å². The van der Waals surface area contributed by atoms with Crippen LogP contribution in [0.3, 0.4) is 0 Å². The Morgan fingerprint density at radius 3 is 3.06 bits per heavy atom. The van der Waals surface area contributed by atoms with Crippen molar-refractivity contribution in [2.75, 3.05) is 11.9 Å². The number of anilines is 1. The van der Waals surface area contributed by atoms with E-state index in [2.05, 4.69) is 28.3 Å². The van der Waals surface area contributed by atoms with Gasteiger partial charge in [-0.2, -0.15) is 4.98 Å². The lowest BCUT2D eigenvalue weighted by molar-refractivity contribution is 1.06. The van der Waals surface area contributed by atoms with Gasteiger partial charge in [-0.25, -0.2) is 4.79 Å². The average molecular weight is 233 g/mol. The molecule has 5 heteroatoms. The van der Waals surface area contributed by atoms with Gasteiger partial charge in [-0.3, -0.25) is 0 Å². The first-order chi connectivity index (χ1) is 7.74. The highest BCUT2D eigenvalue weighted by molar-refractivity contribution is 7.15. The highest BCUT2D eigenvalue weighted by Crippen LogP contribution is 2.32. The summed E-state index contributed by atoms with van der Waals surface area (Å²) in [6, 6.07) is 4.11. The zero-order valence-electron chi connectivity index (χ0n) is 8.83. The predicted octanol–water partition coefficient (Wildman–Crippen LogP) is 1.77. The Labute approximate surface area is 96.4 Å². The molecular formula is C11H11N3OS. The molecule has 0 bridgehead atoms. The van der Waals surface area contributed by atoms with Crippen molar-refractivity contribution in [2.45, 2.75) is 13.3 Å². The largest absolute Gasteiger partial charge is 0.369 e. The molecule has 16 heavy (non-hydrogen) atoms. The number of nitrogens with zero attached hydrogens (tertiary/aromatic N) is 1. The fraction of sp³-hybridized carbons (Fsp3) is 0.273. The number of H-pyrrole nitrogens is 1. The third-order valence-corrected chi connectivity index (χ3v) is 3.71. The maximum atomic E-state index is 11.4. The highest BCUT2D eigenvalue weighted by atomic mass is 32.1. The Bertz CT molecular complexity index is 600. The molecule has 1 aliphatic rings. The van der Waals surface area contributed by atoms with Crippen LogP contribution in [0.15, 0.2) is 16.9 Å². The Morgan fingerprint density at radius 2 is 2.31 bits per heavy atom. The van der Waals surface area contributed by atoms with Gasteiger partial charge in [0.25, 0.3) is 0 Å². The molecule has 0 radical (unpaired) electrons. The average Bonchev–Trinajstić information content (AvgIpc) is 2.84. The van der Waals surface area contributed by atoms with Gasteiger partial charge >= 0.3 is 5.69 Å². The second-order valence-electron chi connectivity index (χ2n) is 3.83. The zero-order chi connectivity index (χ0) is 11.1. The summed E-state index contributed by atoms with van der Waals surface area (Å²) in [5.74, 6) is 0.741. The molecule has 0 aromatic carbocycles. The molecule has 0 aliphatic carbocycles. The van der Waals surface area contributed by atoms with Gasteiger partial charge in [-0.15, -0.1) is 11.3 Å². The molecule has 4 nitrogen and oxygen atoms in total. The molecule has 82 valence electrons. The van der Waals surface area contributed by atoms with Crippen molar-refractivity contribution in [3.63, 3.8) is 0 Å². The van der Waals surface area contributed by atoms with E-state index < -0.39 is 0 Å². The van der Waals surface area contributed by atoms with Gasteiger partial charge in [0.05, 0.1) is 10.6 Å². The van der Waals surface area contributed by atoms with Gasteiger partial charge < -0.3 is 10.3 Å². The van der Waals surface area contributed by atoms with E-state index in [1.807, 2.05) is 6.07 Å². The standard InChI is InChI=1S/C11H11N3OS/c1-6-2-3-8(16-6)9-7-4-5-12-10(7)14-11(15)13-9/h2-3H,4-5H2,1H3,(H2,12,13,14,15). The first-order valence-electron chi connectivity index (χ1n) is 5.18. The Morgan fingerprint density at radius 1 is 1.44 bits per heavy atom. The summed E-state index contributed by atoms with van der Waals surface area (Å²) in [7, 11) is 0. The number of aromatic nitrogens is 2. The summed E-state index contributed by atoms with van der Waals surface area (Å²) < 4.78 is 0. The van der Waals surface area contributed by atoms with E-state index in [0.29, 0.717) is 0 Å². The molecule has 3 heterocycles. The summed E-state index contributed by atoms with van der Waals surface area (Å²) in [4.78, 5) is 20.5. The number of aryl methyl sites for hydroxylation is 1. The maximum Gasteiger partial charge on any atom is 0.347 e. The van der Waals surface area contributed by atoms with Crippen molar-refractivity contribution in [2.24, 2.45) is 0 Å². The van der Waals surface area contributed by atoms with Crippen molar-refractivity contribution in [1.82, 2.24) is 9.97 Å². The van der Waals surface area contributed by atoms with E-state index in [9.17, 15) is 4.79 Å². The quantitative estimate of drug-likeness (QED) is 0.789. The number of fused-ring (bicyclic) bond motifs is 1. The smallest absolute Gasteiger partial charge is 0.347 e. The fourth-order valence-electron chi connectivity index (χ4n) is 1.97. The third-order valence-electron chi connectivity index (χ3n) is 2.69. The minimum atomic E-state index is -0.283. The molecule has 0 amide bonds. The number of thiophene rings is 1. The molecule has 1 aliphatic heterocycles. The highest BCUT2D eigenvalue weighted by Gasteiger charge is 2.18. The minimum absolute atomic E-state index is 0.283. The minimum Gasteiger partial charge on any atom is -0.369 e. The second-order valence-corrected chi connectivity index (χ2v) is 5.12. The van der Waals surface area contributed by atoms with E-state index in [-0.39, 0.29) is 5.69 Å². The SMILES string of the molecule is Cc1ccc(-c2[nH]c(=O)nc3c2CCN3)s1. The van der Waals surface area contributed by atoms with Crippen LogP contribution < -0.4 is 11.0 Å². The first kappa shape index (κ1) is 9.59. The van der Waals surface area contributed by atoms with Gasteiger partial charge in [-0.05, 0) is 25.5 Å². The van der Waals surface area contributed by atoms with E-state index in [0.717, 1.165) is 34.9 Å². The molecule has 0 atom stereocenters. The van der Waals surface area contributed by atoms with Gasteiger partial charge in [0, 0.05) is 17.0 Å². The van der Waals surface area contributed by atoms with E-state index in [1.54, 1.807) is 11.3 Å². The Balaban J connectivity index is 2.24. The van der Waals surface area contributed by atoms with Gasteiger partial charge in [0.2, 0.25) is 0 Å². The number of aromatic amines is 1. The maximum absolute atomic E-state index is 11.4. The molecule has 0 unspecified atom stereocenters. The van der Waals surface area contributed by atoms with Gasteiger partial charge in [0.1, 0.15) is 5.82 Å². The van der Waals surface area contributed by atoms with E-state index in [1.165, 1.54) is 4.88 Å². The topological polar surface area (TPSA) is 57.8 Å². The summed E-state index contributed by atoms with van der Waals surface area (Å²) in [5.41, 5.74) is 1.77. The van der Waals surface area contributed by atoms with E-state index in [4.69, 9.17) is 0 Å². The van der Waals surface area contributed by atoms with Gasteiger partial charge in [-0.1, -0.05) is 0 Å². The van der Waals surface area contributed by atoms with Crippen molar-refractivity contribution in [1.29, 1.82) is 0 Å². The third kappa shape index (κ3) is 1.44. The second kappa shape index (κ2) is 3.45. The summed E-state index contributed by atoms with van der Waals surface area (Å²) in [6.45, 7) is 2.92. The lowest BCUT2D eigenvalue weighted by Crippen LogP contribution is -2.13. The predicted molar refractivity (Wildman–Crippen MR) is 65.1 cm³/mol. The molecule has 2 N–H and O–H groups in total. The molecule has 2 aromatic rings. The number of hydrogen-bond acceptors (Lipinski definition) is 4. The summed E-state index contributed by atoms with van der Waals surface area (Å²) in [6.07, 6.45) is 0.922. The zero-order valence-corrected chi connectivity index (χ0v) is 9.65. The molecule has 2 aromatic heterocycles. The summed E-state index contributed by atoms with van der Waals surface area (Å²) in [5, 5.41) is 3.13. The fourth-order valence-corrected chi connectivity index (χ4v) is 2.87. The van der Waals surface area contributed by atoms with Crippen molar-refractivity contribution in [3.8, 4) is 10.6 Å². The van der Waals surface area contributed by atoms with Crippen LogP contribution in [0.1, 0.15) is 10.4 Å². The lowest BCUT2D eigenvalue weighted by atomic mass is 10.1. The monoisotopic (exact) mass is 233 g/mol. The molecule has 0 saturated carbocycles. The van der Waals surface area contributed by atoms with Crippen LogP contribution in [-0.4, -0.2) is 16.5 Å². The van der Waals surface area contributed by atoms with Crippen molar-refractivity contribution < 1.29 is 0 Å². The van der Waals surface area contributed by atoms with Crippen LogP contribution in [0.25, 0.3) is 10.6 Å². The van der Waals surface area contributed by atoms with Gasteiger partial charge in [0.15, 0.2) is 0 Å². The van der Waals surface area contributed by atoms with Crippen molar-refractivity contribution >= 4 is 17.2 Å². The first-order valence-corrected chi connectivity index (χ1v) is 5.99. The van der Waals surface area contributed by atoms with Crippen LogP contribution in [0.2, 0.25) is 0 Å². The van der Waals surface area contributed by atoms with Crippen molar-refractivity contribution in [3.05, 3.63) is 33.1 Å². The molecule has 0 fully saturated rings. The van der Waals surface area contributed by atoms with Crippen LogP contribution in [0.5, 0.6) is 0 Å². The molecule has 0 saturated heterocycles. The normalized spacial score (nSPS) is 13.6. The van der Waals surface area contributed by atoms with Crippen LogP contribution in [-0.2, 0) is 6.42 Å².